The van der Waals surface area contributed by atoms with Crippen LogP contribution in [0, 0.1) is 0 Å². The number of rotatable bonds is 3. The van der Waals surface area contributed by atoms with Gasteiger partial charge in [-0.15, -0.1) is 0 Å². The Kier molecular flexibility index (Phi) is 4.42. The molecule has 1 aliphatic rings. The van der Waals surface area contributed by atoms with Crippen LogP contribution >= 0.6 is 11.6 Å². The summed E-state index contributed by atoms with van der Waals surface area (Å²) in [5, 5.41) is 0.353. The molecule has 1 amide bonds. The fraction of sp³-hybridized carbons (Fsp3) is 0.467. The summed E-state index contributed by atoms with van der Waals surface area (Å²) in [4.78, 5) is 24.0. The molecule has 114 valence electrons. The Bertz CT molecular complexity index is 547. The summed E-state index contributed by atoms with van der Waals surface area (Å²) in [5.74, 6) is 0.583. The van der Waals surface area contributed by atoms with Crippen molar-refractivity contribution in [3.63, 3.8) is 0 Å². The fourth-order valence-electron chi connectivity index (χ4n) is 1.86. The Labute approximate surface area is 128 Å². The van der Waals surface area contributed by atoms with Gasteiger partial charge < -0.3 is 14.4 Å². The predicted octanol–water partition coefficient (Wildman–Crippen LogP) is 3.15. The van der Waals surface area contributed by atoms with Gasteiger partial charge in [0.05, 0.1) is 18.1 Å². The Hall–Kier alpha value is -1.75. The van der Waals surface area contributed by atoms with Crippen molar-refractivity contribution < 1.29 is 19.1 Å². The Morgan fingerprint density at radius 2 is 2.05 bits per heavy atom. The molecule has 0 aromatic heterocycles. The molecule has 0 unspecified atom stereocenters. The van der Waals surface area contributed by atoms with Crippen molar-refractivity contribution in [1.82, 2.24) is 4.90 Å². The van der Waals surface area contributed by atoms with Gasteiger partial charge in [-0.2, -0.15) is 0 Å². The third-order valence-corrected chi connectivity index (χ3v) is 3.23. The van der Waals surface area contributed by atoms with Crippen LogP contribution in [0.4, 0.5) is 4.79 Å². The number of hydrogen-bond donors (Lipinski definition) is 0. The molecule has 1 heterocycles. The molecule has 0 saturated carbocycles. The average Bonchev–Trinajstić information content (AvgIpc) is 2.31. The summed E-state index contributed by atoms with van der Waals surface area (Å²) in [6.07, 6.45) is 0.270. The molecule has 6 heteroatoms. The zero-order valence-electron chi connectivity index (χ0n) is 12.3. The van der Waals surface area contributed by atoms with Gasteiger partial charge in [0.25, 0.3) is 0 Å². The molecular weight excluding hydrogens is 294 g/mol. The summed E-state index contributed by atoms with van der Waals surface area (Å²) in [7, 11) is 0. The maximum atomic E-state index is 11.8. The van der Waals surface area contributed by atoms with Crippen LogP contribution in [0.15, 0.2) is 18.2 Å². The highest BCUT2D eigenvalue weighted by Gasteiger charge is 2.35. The van der Waals surface area contributed by atoms with E-state index >= 15 is 0 Å². The van der Waals surface area contributed by atoms with Gasteiger partial charge >= 0.3 is 6.09 Å². The first-order chi connectivity index (χ1) is 9.78. The third-order valence-electron chi connectivity index (χ3n) is 2.90. The highest BCUT2D eigenvalue weighted by molar-refractivity contribution is 6.33. The third kappa shape index (κ3) is 4.11. The molecule has 1 saturated heterocycles. The Balaban J connectivity index is 1.84. The van der Waals surface area contributed by atoms with Crippen LogP contribution < -0.4 is 4.74 Å². The van der Waals surface area contributed by atoms with Crippen LogP contribution in [0.25, 0.3) is 0 Å². The van der Waals surface area contributed by atoms with E-state index in [0.717, 1.165) is 0 Å². The number of likely N-dealkylation sites (tertiary alicyclic amines) is 1. The molecule has 0 bridgehead atoms. The van der Waals surface area contributed by atoms with Crippen LogP contribution in [-0.4, -0.2) is 42.1 Å². The number of carbonyl (C=O) groups is 2. The molecule has 0 N–H and O–H groups in total. The van der Waals surface area contributed by atoms with Gasteiger partial charge in [0.2, 0.25) is 0 Å². The molecular formula is C15H18ClNO4. The molecule has 2 rings (SSSR count). The molecule has 0 aliphatic carbocycles. The van der Waals surface area contributed by atoms with E-state index in [1.165, 1.54) is 0 Å². The zero-order chi connectivity index (χ0) is 15.6. The minimum Gasteiger partial charge on any atom is -0.487 e. The predicted molar refractivity (Wildman–Crippen MR) is 79.1 cm³/mol. The molecule has 0 spiro atoms. The van der Waals surface area contributed by atoms with Gasteiger partial charge in [-0.1, -0.05) is 11.6 Å². The van der Waals surface area contributed by atoms with Crippen molar-refractivity contribution in [3.8, 4) is 5.75 Å². The number of aldehydes is 1. The van der Waals surface area contributed by atoms with Gasteiger partial charge in [0.1, 0.15) is 17.5 Å². The van der Waals surface area contributed by atoms with E-state index in [4.69, 9.17) is 21.1 Å². The first-order valence-corrected chi connectivity index (χ1v) is 7.05. The lowest BCUT2D eigenvalue weighted by atomic mass is 10.1. The molecule has 0 atom stereocenters. The van der Waals surface area contributed by atoms with E-state index in [0.29, 0.717) is 35.7 Å². The zero-order valence-corrected chi connectivity index (χ0v) is 13.0. The van der Waals surface area contributed by atoms with E-state index in [1.54, 1.807) is 23.1 Å². The van der Waals surface area contributed by atoms with Crippen molar-refractivity contribution in [3.05, 3.63) is 28.8 Å². The van der Waals surface area contributed by atoms with E-state index in [-0.39, 0.29) is 12.2 Å². The van der Waals surface area contributed by atoms with Gasteiger partial charge in [0, 0.05) is 5.56 Å². The highest BCUT2D eigenvalue weighted by Crippen LogP contribution is 2.25. The normalized spacial score (nSPS) is 15.3. The highest BCUT2D eigenvalue weighted by atomic mass is 35.5. The maximum Gasteiger partial charge on any atom is 0.410 e. The molecule has 5 nitrogen and oxygen atoms in total. The van der Waals surface area contributed by atoms with E-state index < -0.39 is 5.60 Å². The van der Waals surface area contributed by atoms with E-state index in [2.05, 4.69) is 0 Å². The SMILES string of the molecule is CC(C)(C)OC(=O)N1CC(Oc2ccc(C=O)c(Cl)c2)C1. The Morgan fingerprint density at radius 1 is 1.38 bits per heavy atom. The summed E-state index contributed by atoms with van der Waals surface area (Å²) in [6, 6.07) is 4.89. The first-order valence-electron chi connectivity index (χ1n) is 6.68. The summed E-state index contributed by atoms with van der Waals surface area (Å²) < 4.78 is 11.0. The van der Waals surface area contributed by atoms with Gasteiger partial charge in [0.15, 0.2) is 6.29 Å². The van der Waals surface area contributed by atoms with Gasteiger partial charge in [-0.25, -0.2) is 4.79 Å². The number of carbonyl (C=O) groups excluding carboxylic acids is 2. The summed E-state index contributed by atoms with van der Waals surface area (Å²) in [6.45, 7) is 6.43. The van der Waals surface area contributed by atoms with Crippen LogP contribution in [-0.2, 0) is 4.74 Å². The molecule has 1 aromatic rings. The monoisotopic (exact) mass is 311 g/mol. The molecule has 1 fully saturated rings. The maximum absolute atomic E-state index is 11.8. The quantitative estimate of drug-likeness (QED) is 0.805. The largest absolute Gasteiger partial charge is 0.487 e. The number of halogens is 1. The van der Waals surface area contributed by atoms with Gasteiger partial charge in [-0.05, 0) is 39.0 Å². The standard InChI is InChI=1S/C15H18ClNO4/c1-15(2,3)21-14(19)17-7-12(8-17)20-11-5-4-10(9-18)13(16)6-11/h4-6,9,12H,7-8H2,1-3H3. The molecule has 0 radical (unpaired) electrons. The van der Waals surface area contributed by atoms with Crippen molar-refractivity contribution in [2.24, 2.45) is 0 Å². The molecule has 21 heavy (non-hydrogen) atoms. The second-order valence-corrected chi connectivity index (χ2v) is 6.33. The van der Waals surface area contributed by atoms with Crippen LogP contribution in [0.3, 0.4) is 0 Å². The smallest absolute Gasteiger partial charge is 0.410 e. The van der Waals surface area contributed by atoms with Crippen LogP contribution in [0.1, 0.15) is 31.1 Å². The topological polar surface area (TPSA) is 55.8 Å². The number of nitrogens with zero attached hydrogens (tertiary/aromatic N) is 1. The minimum absolute atomic E-state index is 0.0873. The lowest BCUT2D eigenvalue weighted by Crippen LogP contribution is -2.57. The minimum atomic E-state index is -0.499. The van der Waals surface area contributed by atoms with Crippen molar-refractivity contribution in [1.29, 1.82) is 0 Å². The summed E-state index contributed by atoms with van der Waals surface area (Å²) >= 11 is 5.93. The number of hydrogen-bond acceptors (Lipinski definition) is 4. The Morgan fingerprint density at radius 3 is 2.57 bits per heavy atom. The van der Waals surface area contributed by atoms with Crippen molar-refractivity contribution in [2.75, 3.05) is 13.1 Å². The number of amides is 1. The average molecular weight is 312 g/mol. The van der Waals surface area contributed by atoms with Crippen LogP contribution in [0.2, 0.25) is 5.02 Å². The van der Waals surface area contributed by atoms with Crippen molar-refractivity contribution >= 4 is 24.0 Å². The second-order valence-electron chi connectivity index (χ2n) is 5.93. The van der Waals surface area contributed by atoms with E-state index in [1.807, 2.05) is 20.8 Å². The summed E-state index contributed by atoms with van der Waals surface area (Å²) in [5.41, 5.74) is -0.0747. The molecule has 1 aliphatic heterocycles. The lowest BCUT2D eigenvalue weighted by Gasteiger charge is -2.39. The van der Waals surface area contributed by atoms with Crippen LogP contribution in [0.5, 0.6) is 5.75 Å². The van der Waals surface area contributed by atoms with Gasteiger partial charge in [-0.3, -0.25) is 4.79 Å². The first kappa shape index (κ1) is 15.6. The van der Waals surface area contributed by atoms with Crippen molar-refractivity contribution in [2.45, 2.75) is 32.5 Å². The number of ether oxygens (including phenoxy) is 2. The molecule has 1 aromatic carbocycles. The fourth-order valence-corrected chi connectivity index (χ4v) is 2.07. The second kappa shape index (κ2) is 5.93. The lowest BCUT2D eigenvalue weighted by molar-refractivity contribution is -0.0221. The van der Waals surface area contributed by atoms with E-state index in [9.17, 15) is 9.59 Å². The number of benzene rings is 1.